The molecule has 1 aliphatic heterocycles. The van der Waals surface area contributed by atoms with Crippen molar-refractivity contribution in [2.45, 2.75) is 4.90 Å². The van der Waals surface area contributed by atoms with Crippen LogP contribution in [0.3, 0.4) is 0 Å². The lowest BCUT2D eigenvalue weighted by molar-refractivity contribution is -0.113. The molecule has 1 amide bonds. The van der Waals surface area contributed by atoms with Gasteiger partial charge in [0.25, 0.3) is 0 Å². The Balaban J connectivity index is 2.00. The highest BCUT2D eigenvalue weighted by atomic mass is 32.2. The number of hydrogen-bond donors (Lipinski definition) is 1. The highest BCUT2D eigenvalue weighted by Gasteiger charge is 2.27. The molecular weight excluding hydrogens is 356 g/mol. The van der Waals surface area contributed by atoms with Gasteiger partial charge >= 0.3 is 0 Å². The number of aromatic nitrogens is 2. The molecule has 0 unspecified atom stereocenters. The first-order valence-electron chi connectivity index (χ1n) is 8.85. The van der Waals surface area contributed by atoms with Gasteiger partial charge in [0.1, 0.15) is 5.82 Å². The third kappa shape index (κ3) is 1.81. The maximum absolute atomic E-state index is 12.1. The summed E-state index contributed by atoms with van der Waals surface area (Å²) in [6, 6.07) is 12.8. The van der Waals surface area contributed by atoms with Gasteiger partial charge in [-0.25, -0.2) is 0 Å². The highest BCUT2D eigenvalue weighted by Crippen LogP contribution is 2.48. The predicted octanol–water partition coefficient (Wildman–Crippen LogP) is 4.34. The largest absolute Gasteiger partial charge is 0.364 e. The van der Waals surface area contributed by atoms with Gasteiger partial charge in [-0.05, 0) is 23.6 Å². The normalized spacial score (nSPS) is 14.4. The first-order valence-corrected chi connectivity index (χ1v) is 9.83. The Kier molecular flexibility index (Phi) is 2.82. The minimum absolute atomic E-state index is 0.0325. The van der Waals surface area contributed by atoms with Gasteiger partial charge in [0.15, 0.2) is 0 Å². The quantitative estimate of drug-likeness (QED) is 0.351. The van der Waals surface area contributed by atoms with Crippen molar-refractivity contribution < 1.29 is 4.79 Å². The van der Waals surface area contributed by atoms with E-state index < -0.39 is 0 Å². The Bertz CT molecular complexity index is 1400. The maximum Gasteiger partial charge on any atom is 0.234 e. The average molecular weight is 372 g/mol. The molecule has 0 radical (unpaired) electrons. The van der Waals surface area contributed by atoms with Crippen molar-refractivity contribution in [3.8, 4) is 0 Å². The number of anilines is 2. The van der Waals surface area contributed by atoms with Crippen molar-refractivity contribution in [2.75, 3.05) is 30.1 Å². The lowest BCUT2D eigenvalue weighted by Gasteiger charge is -2.21. The molecule has 5 aromatic rings. The van der Waals surface area contributed by atoms with E-state index in [4.69, 9.17) is 0 Å². The van der Waals surface area contributed by atoms with Gasteiger partial charge < -0.3 is 10.2 Å². The molecule has 0 atom stereocenters. The number of nitrogens with one attached hydrogen (secondary N) is 1. The summed E-state index contributed by atoms with van der Waals surface area (Å²) >= 11 is 1.60. The predicted molar refractivity (Wildman–Crippen MR) is 113 cm³/mol. The van der Waals surface area contributed by atoms with E-state index in [1.54, 1.807) is 11.8 Å². The lowest BCUT2D eigenvalue weighted by atomic mass is 10.0. The first kappa shape index (κ1) is 15.1. The van der Waals surface area contributed by atoms with Gasteiger partial charge in [-0.15, -0.1) is 11.8 Å². The van der Waals surface area contributed by atoms with E-state index in [1.165, 1.54) is 27.2 Å². The second-order valence-electron chi connectivity index (χ2n) is 7.13. The fraction of sp³-hybridized carbons (Fsp3) is 0.143. The summed E-state index contributed by atoms with van der Waals surface area (Å²) in [4.78, 5) is 20.1. The second-order valence-corrected chi connectivity index (χ2v) is 8.12. The van der Waals surface area contributed by atoms with Crippen molar-refractivity contribution >= 4 is 67.3 Å². The van der Waals surface area contributed by atoms with Gasteiger partial charge in [-0.1, -0.05) is 18.2 Å². The van der Waals surface area contributed by atoms with Crippen molar-refractivity contribution in [3.63, 3.8) is 0 Å². The molecule has 1 N–H and O–H groups in total. The van der Waals surface area contributed by atoms with Crippen LogP contribution >= 0.6 is 11.8 Å². The van der Waals surface area contributed by atoms with E-state index in [0.717, 1.165) is 27.3 Å². The molecule has 27 heavy (non-hydrogen) atoms. The fourth-order valence-electron chi connectivity index (χ4n) is 4.32. The van der Waals surface area contributed by atoms with Crippen LogP contribution in [-0.4, -0.2) is 35.1 Å². The maximum atomic E-state index is 12.1. The zero-order chi connectivity index (χ0) is 18.3. The first-order chi connectivity index (χ1) is 13.1. The molecule has 3 aromatic heterocycles. The van der Waals surface area contributed by atoms with Gasteiger partial charge in [-0.2, -0.15) is 0 Å². The smallest absolute Gasteiger partial charge is 0.234 e. The van der Waals surface area contributed by atoms with Crippen LogP contribution in [0, 0.1) is 0 Å². The molecule has 0 fully saturated rings. The van der Waals surface area contributed by atoms with Gasteiger partial charge in [0.05, 0.1) is 28.0 Å². The van der Waals surface area contributed by atoms with Crippen LogP contribution in [0.1, 0.15) is 0 Å². The number of hydrogen-bond acceptors (Lipinski definition) is 4. The molecule has 5 nitrogen and oxygen atoms in total. The van der Waals surface area contributed by atoms with Crippen LogP contribution in [-0.2, 0) is 4.79 Å². The molecule has 0 saturated carbocycles. The summed E-state index contributed by atoms with van der Waals surface area (Å²) < 4.78 is 2.33. The SMILES string of the molecule is CN(C)c1cc2c3c(c4nccc5c6ccccc6n1c2c45)NC(=O)CS3. The number of para-hydroxylation sites is 1. The summed E-state index contributed by atoms with van der Waals surface area (Å²) in [5.41, 5.74) is 4.08. The molecule has 6 rings (SSSR count). The number of nitrogens with zero attached hydrogens (tertiary/aromatic N) is 3. The van der Waals surface area contributed by atoms with Gasteiger partial charge in [0, 0.05) is 41.3 Å². The van der Waals surface area contributed by atoms with Gasteiger partial charge in [0.2, 0.25) is 5.91 Å². The van der Waals surface area contributed by atoms with E-state index in [2.05, 4.69) is 70.1 Å². The number of pyridine rings is 2. The number of carbonyl (C=O) groups is 1. The third-order valence-corrected chi connectivity index (χ3v) is 6.50. The molecule has 0 bridgehead atoms. The van der Waals surface area contributed by atoms with E-state index in [-0.39, 0.29) is 5.91 Å². The monoisotopic (exact) mass is 372 g/mol. The highest BCUT2D eigenvalue weighted by molar-refractivity contribution is 8.00. The van der Waals surface area contributed by atoms with Crippen molar-refractivity contribution in [1.29, 1.82) is 0 Å². The zero-order valence-electron chi connectivity index (χ0n) is 14.9. The van der Waals surface area contributed by atoms with Crippen LogP contribution < -0.4 is 10.2 Å². The van der Waals surface area contributed by atoms with Crippen LogP contribution in [0.15, 0.2) is 47.5 Å². The van der Waals surface area contributed by atoms with E-state index in [0.29, 0.717) is 5.75 Å². The molecule has 132 valence electrons. The Hall–Kier alpha value is -2.99. The topological polar surface area (TPSA) is 49.6 Å². The number of carbonyl (C=O) groups excluding carboxylic acids is 1. The van der Waals surface area contributed by atoms with Gasteiger partial charge in [-0.3, -0.25) is 14.2 Å². The fourth-order valence-corrected chi connectivity index (χ4v) is 5.27. The second kappa shape index (κ2) is 5.04. The van der Waals surface area contributed by atoms with Crippen molar-refractivity contribution in [3.05, 3.63) is 42.6 Å². The summed E-state index contributed by atoms with van der Waals surface area (Å²) in [6.45, 7) is 0. The van der Waals surface area contributed by atoms with E-state index in [9.17, 15) is 4.79 Å². The Morgan fingerprint density at radius 3 is 2.85 bits per heavy atom. The molecule has 2 aromatic carbocycles. The summed E-state index contributed by atoms with van der Waals surface area (Å²) in [5, 5.41) is 7.73. The molecule has 4 heterocycles. The number of benzene rings is 2. The van der Waals surface area contributed by atoms with Crippen LogP contribution in [0.5, 0.6) is 0 Å². The molecule has 6 heteroatoms. The lowest BCUT2D eigenvalue weighted by Crippen LogP contribution is -2.19. The Labute approximate surface area is 159 Å². The van der Waals surface area contributed by atoms with Crippen molar-refractivity contribution in [2.24, 2.45) is 0 Å². The molecular formula is C21H16N4OS. The average Bonchev–Trinajstić information content (AvgIpc) is 3.09. The van der Waals surface area contributed by atoms with E-state index in [1.807, 2.05) is 6.20 Å². The summed E-state index contributed by atoms with van der Waals surface area (Å²) in [6.07, 6.45) is 1.84. The summed E-state index contributed by atoms with van der Waals surface area (Å²) in [5.74, 6) is 1.59. The molecule has 1 aliphatic rings. The molecule has 0 aliphatic carbocycles. The zero-order valence-corrected chi connectivity index (χ0v) is 15.7. The molecule has 0 saturated heterocycles. The van der Waals surface area contributed by atoms with Crippen LogP contribution in [0.2, 0.25) is 0 Å². The van der Waals surface area contributed by atoms with Crippen LogP contribution in [0.25, 0.3) is 38.1 Å². The van der Waals surface area contributed by atoms with Crippen LogP contribution in [0.4, 0.5) is 11.5 Å². The number of thioether (sulfide) groups is 1. The standard InChI is InChI=1S/C21H16N4OS/c1-24(2)16-9-13-20-17-12(11-5-3-4-6-14(11)25(16)20)7-8-22-18(17)19-21(13)27-10-15(26)23-19/h3-9H,10H2,1-2H3,(H,23,26). The van der Waals surface area contributed by atoms with E-state index >= 15 is 0 Å². The third-order valence-electron chi connectivity index (χ3n) is 5.38. The number of fused-ring (bicyclic) bond motifs is 6. The minimum atomic E-state index is 0.0325. The number of amides is 1. The Morgan fingerprint density at radius 1 is 1.15 bits per heavy atom. The Morgan fingerprint density at radius 2 is 2.00 bits per heavy atom. The molecule has 0 spiro atoms. The minimum Gasteiger partial charge on any atom is -0.364 e. The number of rotatable bonds is 1. The summed E-state index contributed by atoms with van der Waals surface area (Å²) in [7, 11) is 4.13. The van der Waals surface area contributed by atoms with Crippen molar-refractivity contribution in [1.82, 2.24) is 9.38 Å².